The van der Waals surface area contributed by atoms with Crippen LogP contribution in [0.25, 0.3) is 0 Å². The molecule has 0 aliphatic rings. The monoisotopic (exact) mass is 245 g/mol. The summed E-state index contributed by atoms with van der Waals surface area (Å²) < 4.78 is 9.44. The third kappa shape index (κ3) is 6.68. The van der Waals surface area contributed by atoms with Gasteiger partial charge in [-0.15, -0.1) is 0 Å². The maximum Gasteiger partial charge on any atom is 0.319 e. The average molecular weight is 245 g/mol. The summed E-state index contributed by atoms with van der Waals surface area (Å²) in [6.07, 6.45) is 0. The minimum Gasteiger partial charge on any atom is -0.465 e. The van der Waals surface area contributed by atoms with Crippen LogP contribution in [0, 0.1) is 5.92 Å². The SMILES string of the molecule is CCOC(=O)CNCC(C(C)=O)C(=O)OCC. The van der Waals surface area contributed by atoms with Crippen LogP contribution in [-0.2, 0) is 23.9 Å². The molecular weight excluding hydrogens is 226 g/mol. The summed E-state index contributed by atoms with van der Waals surface area (Å²) in [4.78, 5) is 33.6. The van der Waals surface area contributed by atoms with Crippen molar-refractivity contribution in [2.75, 3.05) is 26.3 Å². The number of carbonyl (C=O) groups is 3. The quantitative estimate of drug-likeness (QED) is 0.475. The van der Waals surface area contributed by atoms with Crippen molar-refractivity contribution in [3.63, 3.8) is 0 Å². The van der Waals surface area contributed by atoms with Crippen molar-refractivity contribution in [2.45, 2.75) is 20.8 Å². The number of hydrogen-bond acceptors (Lipinski definition) is 6. The van der Waals surface area contributed by atoms with E-state index >= 15 is 0 Å². The van der Waals surface area contributed by atoms with E-state index in [2.05, 4.69) is 10.1 Å². The lowest BCUT2D eigenvalue weighted by atomic mass is 10.1. The van der Waals surface area contributed by atoms with Gasteiger partial charge >= 0.3 is 11.9 Å². The van der Waals surface area contributed by atoms with Gasteiger partial charge in [0.1, 0.15) is 11.7 Å². The van der Waals surface area contributed by atoms with Crippen LogP contribution in [0.5, 0.6) is 0 Å². The van der Waals surface area contributed by atoms with Crippen LogP contribution in [0.2, 0.25) is 0 Å². The third-order valence-corrected chi connectivity index (χ3v) is 1.98. The number of Topliss-reactive ketones (excluding diaryl/α,β-unsaturated/α-hetero) is 1. The van der Waals surface area contributed by atoms with Gasteiger partial charge in [-0.3, -0.25) is 14.4 Å². The maximum atomic E-state index is 11.4. The molecule has 0 saturated carbocycles. The Morgan fingerprint density at radius 2 is 1.71 bits per heavy atom. The molecule has 0 saturated heterocycles. The molecule has 98 valence electrons. The molecule has 6 nitrogen and oxygen atoms in total. The van der Waals surface area contributed by atoms with Gasteiger partial charge in [-0.1, -0.05) is 0 Å². The Morgan fingerprint density at radius 1 is 1.12 bits per heavy atom. The van der Waals surface area contributed by atoms with Crippen LogP contribution < -0.4 is 5.32 Å². The highest BCUT2D eigenvalue weighted by Gasteiger charge is 2.24. The Kier molecular flexibility index (Phi) is 7.96. The Labute approximate surface area is 101 Å². The van der Waals surface area contributed by atoms with Crippen molar-refractivity contribution in [3.8, 4) is 0 Å². The first-order chi connectivity index (χ1) is 8.02. The molecule has 1 N–H and O–H groups in total. The molecule has 0 aromatic carbocycles. The molecule has 0 aromatic heterocycles. The standard InChI is InChI=1S/C11H19NO5/c1-4-16-10(14)7-12-6-9(8(3)13)11(15)17-5-2/h9,12H,4-7H2,1-3H3. The molecule has 1 atom stereocenters. The second kappa shape index (κ2) is 8.69. The van der Waals surface area contributed by atoms with Gasteiger partial charge in [0.15, 0.2) is 0 Å². The minimum atomic E-state index is -0.871. The molecular formula is C11H19NO5. The Balaban J connectivity index is 4.06. The number of nitrogens with one attached hydrogen (secondary N) is 1. The molecule has 6 heteroatoms. The number of hydrogen-bond donors (Lipinski definition) is 1. The highest BCUT2D eigenvalue weighted by molar-refractivity contribution is 5.98. The first-order valence-electron chi connectivity index (χ1n) is 5.56. The fourth-order valence-electron chi connectivity index (χ4n) is 1.17. The Morgan fingerprint density at radius 3 is 2.18 bits per heavy atom. The predicted molar refractivity (Wildman–Crippen MR) is 60.3 cm³/mol. The summed E-state index contributed by atoms with van der Waals surface area (Å²) in [5.74, 6) is -2.15. The van der Waals surface area contributed by atoms with Gasteiger partial charge in [0, 0.05) is 6.54 Å². The second-order valence-electron chi connectivity index (χ2n) is 3.35. The lowest BCUT2D eigenvalue weighted by molar-refractivity contribution is -0.151. The van der Waals surface area contributed by atoms with Gasteiger partial charge in [-0.2, -0.15) is 0 Å². The molecule has 0 fully saturated rings. The van der Waals surface area contributed by atoms with Crippen molar-refractivity contribution >= 4 is 17.7 Å². The average Bonchev–Trinajstić information content (AvgIpc) is 2.24. The minimum absolute atomic E-state index is 0.0307. The maximum absolute atomic E-state index is 11.4. The molecule has 0 amide bonds. The largest absolute Gasteiger partial charge is 0.465 e. The summed E-state index contributed by atoms with van der Waals surface area (Å²) in [5, 5.41) is 2.69. The second-order valence-corrected chi connectivity index (χ2v) is 3.35. The van der Waals surface area contributed by atoms with Gasteiger partial charge < -0.3 is 14.8 Å². The van der Waals surface area contributed by atoms with Crippen LogP contribution in [0.4, 0.5) is 0 Å². The van der Waals surface area contributed by atoms with E-state index in [0.29, 0.717) is 6.61 Å². The van der Waals surface area contributed by atoms with Crippen LogP contribution in [-0.4, -0.2) is 44.0 Å². The van der Waals surface area contributed by atoms with E-state index < -0.39 is 17.9 Å². The smallest absolute Gasteiger partial charge is 0.319 e. The molecule has 0 heterocycles. The van der Waals surface area contributed by atoms with Crippen molar-refractivity contribution in [3.05, 3.63) is 0 Å². The molecule has 17 heavy (non-hydrogen) atoms. The molecule has 0 bridgehead atoms. The zero-order chi connectivity index (χ0) is 13.3. The summed E-state index contributed by atoms with van der Waals surface area (Å²) in [6.45, 7) is 5.25. The number of rotatable bonds is 8. The van der Waals surface area contributed by atoms with Crippen molar-refractivity contribution in [1.29, 1.82) is 0 Å². The van der Waals surface area contributed by atoms with E-state index in [1.165, 1.54) is 6.92 Å². The molecule has 0 aliphatic carbocycles. The highest BCUT2D eigenvalue weighted by atomic mass is 16.5. The number of carbonyl (C=O) groups excluding carboxylic acids is 3. The fraction of sp³-hybridized carbons (Fsp3) is 0.727. The molecule has 0 rings (SSSR count). The van der Waals surface area contributed by atoms with Crippen molar-refractivity contribution < 1.29 is 23.9 Å². The van der Waals surface area contributed by atoms with Gasteiger partial charge in [-0.05, 0) is 20.8 Å². The van der Waals surface area contributed by atoms with Crippen LogP contribution in [0.1, 0.15) is 20.8 Å². The summed E-state index contributed by atoms with van der Waals surface area (Å²) in [5.41, 5.74) is 0. The summed E-state index contributed by atoms with van der Waals surface area (Å²) in [6, 6.07) is 0. The first kappa shape index (κ1) is 15.6. The van der Waals surface area contributed by atoms with Gasteiger partial charge in [0.2, 0.25) is 0 Å². The number of esters is 2. The zero-order valence-electron chi connectivity index (χ0n) is 10.4. The van der Waals surface area contributed by atoms with Crippen molar-refractivity contribution in [2.24, 2.45) is 5.92 Å². The van der Waals surface area contributed by atoms with E-state index in [-0.39, 0.29) is 25.5 Å². The molecule has 0 spiro atoms. The zero-order valence-corrected chi connectivity index (χ0v) is 10.4. The highest BCUT2D eigenvalue weighted by Crippen LogP contribution is 2.00. The number of ether oxygens (including phenoxy) is 2. The molecule has 0 aromatic rings. The predicted octanol–water partition coefficient (Wildman–Crippen LogP) is -0.0926. The van der Waals surface area contributed by atoms with Gasteiger partial charge in [0.25, 0.3) is 0 Å². The lowest BCUT2D eigenvalue weighted by Gasteiger charge is -2.12. The van der Waals surface area contributed by atoms with E-state index in [0.717, 1.165) is 0 Å². The molecule has 0 radical (unpaired) electrons. The normalized spacial score (nSPS) is 11.7. The Hall–Kier alpha value is -1.43. The van der Waals surface area contributed by atoms with Gasteiger partial charge in [0.05, 0.1) is 19.8 Å². The third-order valence-electron chi connectivity index (χ3n) is 1.98. The fourth-order valence-corrected chi connectivity index (χ4v) is 1.17. The van der Waals surface area contributed by atoms with Crippen molar-refractivity contribution in [1.82, 2.24) is 5.32 Å². The van der Waals surface area contributed by atoms with E-state index in [1.807, 2.05) is 0 Å². The molecule has 0 aliphatic heterocycles. The lowest BCUT2D eigenvalue weighted by Crippen LogP contribution is -2.37. The summed E-state index contributed by atoms with van der Waals surface area (Å²) >= 11 is 0. The first-order valence-corrected chi connectivity index (χ1v) is 5.56. The summed E-state index contributed by atoms with van der Waals surface area (Å²) in [7, 11) is 0. The van der Waals surface area contributed by atoms with E-state index in [9.17, 15) is 14.4 Å². The van der Waals surface area contributed by atoms with E-state index in [4.69, 9.17) is 4.74 Å². The van der Waals surface area contributed by atoms with Crippen LogP contribution >= 0.6 is 0 Å². The van der Waals surface area contributed by atoms with Gasteiger partial charge in [-0.25, -0.2) is 0 Å². The molecule has 1 unspecified atom stereocenters. The van der Waals surface area contributed by atoms with E-state index in [1.54, 1.807) is 13.8 Å². The Bertz CT molecular complexity index is 277. The van der Waals surface area contributed by atoms with Crippen LogP contribution in [0.3, 0.4) is 0 Å². The van der Waals surface area contributed by atoms with Crippen LogP contribution in [0.15, 0.2) is 0 Å². The topological polar surface area (TPSA) is 81.7 Å². The number of ketones is 1.